The number of rotatable bonds is 4. The van der Waals surface area contributed by atoms with Gasteiger partial charge in [-0.1, -0.05) is 46.3 Å². The van der Waals surface area contributed by atoms with Gasteiger partial charge >= 0.3 is 5.97 Å². The second-order valence-electron chi connectivity index (χ2n) is 2.99. The van der Waals surface area contributed by atoms with Gasteiger partial charge in [0.2, 0.25) is 0 Å². The molecule has 3 nitrogen and oxygen atoms in total. The van der Waals surface area contributed by atoms with Crippen molar-refractivity contribution in [2.75, 3.05) is 14.2 Å². The molecule has 0 heterocycles. The van der Waals surface area contributed by atoms with E-state index in [1.54, 1.807) is 7.11 Å². The third kappa shape index (κ3) is 3.04. The van der Waals surface area contributed by atoms with Crippen LogP contribution in [0.25, 0.3) is 0 Å². The number of ether oxygens (including phenoxy) is 2. The predicted molar refractivity (Wildman–Crippen MR) is 60.9 cm³/mol. The van der Waals surface area contributed by atoms with E-state index in [9.17, 15) is 4.79 Å². The Bertz CT molecular complexity index is 313. The van der Waals surface area contributed by atoms with E-state index in [1.165, 1.54) is 7.11 Å². The Labute approximate surface area is 97.5 Å². The highest BCUT2D eigenvalue weighted by Crippen LogP contribution is 2.26. The lowest BCUT2D eigenvalue weighted by Gasteiger charge is -2.19. The van der Waals surface area contributed by atoms with Gasteiger partial charge in [0.15, 0.2) is 0 Å². The van der Waals surface area contributed by atoms with E-state index in [4.69, 9.17) is 4.74 Å². The lowest BCUT2D eigenvalue weighted by atomic mass is 10.1. The molecule has 0 amide bonds. The smallest absolute Gasteiger partial charge is 0.322 e. The summed E-state index contributed by atoms with van der Waals surface area (Å²) in [6, 6.07) is 9.53. The van der Waals surface area contributed by atoms with Gasteiger partial charge < -0.3 is 9.47 Å². The summed E-state index contributed by atoms with van der Waals surface area (Å²) < 4.78 is 9.92. The van der Waals surface area contributed by atoms with Crippen molar-refractivity contribution >= 4 is 21.9 Å². The van der Waals surface area contributed by atoms with Crippen LogP contribution >= 0.6 is 15.9 Å². The summed E-state index contributed by atoms with van der Waals surface area (Å²) in [7, 11) is 2.92. The van der Waals surface area contributed by atoms with Crippen molar-refractivity contribution in [1.29, 1.82) is 0 Å². The van der Waals surface area contributed by atoms with E-state index >= 15 is 0 Å². The fraction of sp³-hybridized carbons (Fsp3) is 0.364. The van der Waals surface area contributed by atoms with Gasteiger partial charge in [0.25, 0.3) is 0 Å². The maximum atomic E-state index is 11.3. The van der Waals surface area contributed by atoms with Crippen molar-refractivity contribution in [1.82, 2.24) is 0 Å². The summed E-state index contributed by atoms with van der Waals surface area (Å²) in [6.45, 7) is 0. The van der Waals surface area contributed by atoms with Crippen molar-refractivity contribution in [3.05, 3.63) is 35.9 Å². The number of alkyl halides is 1. The van der Waals surface area contributed by atoms with E-state index in [1.807, 2.05) is 30.3 Å². The first-order chi connectivity index (χ1) is 7.20. The molecule has 0 aliphatic carbocycles. The van der Waals surface area contributed by atoms with Crippen molar-refractivity contribution in [2.45, 2.75) is 10.9 Å². The third-order valence-electron chi connectivity index (χ3n) is 2.07. The number of methoxy groups -OCH3 is 2. The zero-order chi connectivity index (χ0) is 11.3. The summed E-state index contributed by atoms with van der Waals surface area (Å²) in [4.78, 5) is 10.8. The quantitative estimate of drug-likeness (QED) is 0.623. The number of halogens is 1. The van der Waals surface area contributed by atoms with Crippen LogP contribution in [0.5, 0.6) is 0 Å². The highest BCUT2D eigenvalue weighted by molar-refractivity contribution is 9.10. The normalized spacial score (nSPS) is 14.3. The number of benzene rings is 1. The molecule has 0 aliphatic rings. The fourth-order valence-corrected chi connectivity index (χ4v) is 2.01. The zero-order valence-electron chi connectivity index (χ0n) is 8.64. The van der Waals surface area contributed by atoms with Crippen molar-refractivity contribution < 1.29 is 14.3 Å². The molecule has 2 atom stereocenters. The number of esters is 1. The number of carbonyl (C=O) groups is 1. The Hall–Kier alpha value is -0.870. The Morgan fingerprint density at radius 2 is 1.87 bits per heavy atom. The highest BCUT2D eigenvalue weighted by atomic mass is 79.9. The molecule has 1 aromatic rings. The molecule has 1 aromatic carbocycles. The van der Waals surface area contributed by atoms with Crippen molar-refractivity contribution in [3.63, 3.8) is 0 Å². The Morgan fingerprint density at radius 1 is 1.27 bits per heavy atom. The molecule has 0 radical (unpaired) electrons. The van der Waals surface area contributed by atoms with Crippen LogP contribution in [0.15, 0.2) is 30.3 Å². The van der Waals surface area contributed by atoms with Crippen LogP contribution in [0, 0.1) is 0 Å². The van der Waals surface area contributed by atoms with E-state index in [0.717, 1.165) is 5.56 Å². The van der Waals surface area contributed by atoms with Crippen molar-refractivity contribution in [3.8, 4) is 0 Å². The maximum Gasteiger partial charge on any atom is 0.322 e. The zero-order valence-corrected chi connectivity index (χ0v) is 10.2. The molecule has 0 N–H and O–H groups in total. The first-order valence-corrected chi connectivity index (χ1v) is 5.42. The average molecular weight is 273 g/mol. The molecule has 0 fully saturated rings. The maximum absolute atomic E-state index is 11.3. The number of carbonyl (C=O) groups excluding carboxylic acids is 1. The molecule has 0 bridgehead atoms. The summed E-state index contributed by atoms with van der Waals surface area (Å²) in [5, 5.41) is 0. The minimum absolute atomic E-state index is 0.335. The van der Waals surface area contributed by atoms with Gasteiger partial charge in [-0.05, 0) is 5.56 Å². The summed E-state index contributed by atoms with van der Waals surface area (Å²) in [5.41, 5.74) is 0.937. The second kappa shape index (κ2) is 5.88. The molecule has 0 unspecified atom stereocenters. The molecule has 0 aliphatic heterocycles. The lowest BCUT2D eigenvalue weighted by molar-refractivity contribution is -0.142. The average Bonchev–Trinajstić information content (AvgIpc) is 2.30. The van der Waals surface area contributed by atoms with Gasteiger partial charge in [-0.25, -0.2) is 0 Å². The molecule has 15 heavy (non-hydrogen) atoms. The molecule has 4 heteroatoms. The van der Waals surface area contributed by atoms with E-state index in [2.05, 4.69) is 20.7 Å². The van der Waals surface area contributed by atoms with Gasteiger partial charge in [0, 0.05) is 7.11 Å². The molecule has 0 aromatic heterocycles. The van der Waals surface area contributed by atoms with E-state index in [-0.39, 0.29) is 12.1 Å². The fourth-order valence-electron chi connectivity index (χ4n) is 1.30. The minimum Gasteiger partial charge on any atom is -0.468 e. The lowest BCUT2D eigenvalue weighted by Crippen LogP contribution is -2.24. The van der Waals surface area contributed by atoms with Crippen LogP contribution in [0.1, 0.15) is 11.7 Å². The molecular formula is C11H13BrO3. The monoisotopic (exact) mass is 272 g/mol. The van der Waals surface area contributed by atoms with Crippen LogP contribution in [-0.4, -0.2) is 25.0 Å². The van der Waals surface area contributed by atoms with Crippen LogP contribution in [0.3, 0.4) is 0 Å². The molecule has 82 valence electrons. The molecular weight excluding hydrogens is 260 g/mol. The summed E-state index contributed by atoms with van der Waals surface area (Å²) in [5.74, 6) is -0.342. The van der Waals surface area contributed by atoms with Gasteiger partial charge in [-0.15, -0.1) is 0 Å². The van der Waals surface area contributed by atoms with Gasteiger partial charge in [-0.2, -0.15) is 0 Å². The SMILES string of the molecule is COC(=O)[C@H](Br)[C@H](OC)c1ccccc1. The Balaban J connectivity index is 2.85. The molecule has 0 spiro atoms. The summed E-state index contributed by atoms with van der Waals surface area (Å²) in [6.07, 6.45) is -0.335. The van der Waals surface area contributed by atoms with Crippen LogP contribution < -0.4 is 0 Å². The topological polar surface area (TPSA) is 35.5 Å². The van der Waals surface area contributed by atoms with Crippen LogP contribution in [0.2, 0.25) is 0 Å². The predicted octanol–water partition coefficient (Wildman–Crippen LogP) is 2.31. The third-order valence-corrected chi connectivity index (χ3v) is 2.93. The molecule has 0 saturated heterocycles. The second-order valence-corrected chi connectivity index (χ2v) is 3.98. The Kier molecular flexibility index (Phi) is 4.78. The summed E-state index contributed by atoms with van der Waals surface area (Å²) >= 11 is 3.27. The highest BCUT2D eigenvalue weighted by Gasteiger charge is 2.27. The molecule has 1 rings (SSSR count). The first kappa shape index (κ1) is 12.2. The van der Waals surface area contributed by atoms with Crippen LogP contribution in [0.4, 0.5) is 0 Å². The van der Waals surface area contributed by atoms with Crippen molar-refractivity contribution in [2.24, 2.45) is 0 Å². The van der Waals surface area contributed by atoms with E-state index < -0.39 is 4.83 Å². The standard InChI is InChI=1S/C11H13BrO3/c1-14-10(9(12)11(13)15-2)8-6-4-3-5-7-8/h3-7,9-10H,1-2H3/t9-,10-/m1/s1. The molecule has 0 saturated carbocycles. The largest absolute Gasteiger partial charge is 0.468 e. The number of hydrogen-bond donors (Lipinski definition) is 0. The van der Waals surface area contributed by atoms with Gasteiger partial charge in [-0.3, -0.25) is 4.79 Å². The van der Waals surface area contributed by atoms with Gasteiger partial charge in [0.1, 0.15) is 10.9 Å². The van der Waals surface area contributed by atoms with Gasteiger partial charge in [0.05, 0.1) is 7.11 Å². The Morgan fingerprint density at radius 3 is 2.33 bits per heavy atom. The first-order valence-electron chi connectivity index (χ1n) is 4.50. The van der Waals surface area contributed by atoms with E-state index in [0.29, 0.717) is 0 Å². The number of hydrogen-bond acceptors (Lipinski definition) is 3. The van der Waals surface area contributed by atoms with Crippen LogP contribution in [-0.2, 0) is 14.3 Å². The minimum atomic E-state index is -0.491.